The number of aliphatic hydroxyl groups excluding tert-OH is 1. The number of halogens is 4. The van der Waals surface area contributed by atoms with Crippen LogP contribution in [0.15, 0.2) is 48.5 Å². The fraction of sp³-hybridized carbons (Fsp3) is 0.387. The molecular formula is C31H32F4O4. The van der Waals surface area contributed by atoms with Crippen molar-refractivity contribution in [3.8, 4) is 22.6 Å². The fourth-order valence-electron chi connectivity index (χ4n) is 5.12. The highest BCUT2D eigenvalue weighted by Crippen LogP contribution is 2.40. The molecule has 0 spiro atoms. The molecule has 3 aromatic rings. The van der Waals surface area contributed by atoms with E-state index in [0.717, 1.165) is 18.1 Å². The molecule has 0 bridgehead atoms. The van der Waals surface area contributed by atoms with Gasteiger partial charge in [0.15, 0.2) is 23.1 Å². The largest absolute Gasteiger partial charge is 0.491 e. The van der Waals surface area contributed by atoms with Crippen LogP contribution in [0, 0.1) is 29.2 Å². The second-order valence-corrected chi connectivity index (χ2v) is 9.85. The average Bonchev–Trinajstić information content (AvgIpc) is 2.94. The number of benzene rings is 3. The first-order valence-corrected chi connectivity index (χ1v) is 13.3. The van der Waals surface area contributed by atoms with Gasteiger partial charge in [-0.15, -0.1) is 0 Å². The highest BCUT2D eigenvalue weighted by molar-refractivity contribution is 5.75. The van der Waals surface area contributed by atoms with E-state index in [9.17, 15) is 18.7 Å². The van der Waals surface area contributed by atoms with E-state index in [4.69, 9.17) is 9.47 Å². The lowest BCUT2D eigenvalue weighted by molar-refractivity contribution is -0.140. The zero-order chi connectivity index (χ0) is 28.1. The fourth-order valence-corrected chi connectivity index (χ4v) is 5.12. The molecule has 1 unspecified atom stereocenters. The van der Waals surface area contributed by atoms with Crippen LogP contribution in [-0.4, -0.2) is 17.7 Å². The number of esters is 1. The highest BCUT2D eigenvalue weighted by Gasteiger charge is 2.31. The Bertz CT molecular complexity index is 1300. The minimum absolute atomic E-state index is 0.134. The second kappa shape index (κ2) is 12.6. The maximum absolute atomic E-state index is 15.2. The van der Waals surface area contributed by atoms with Gasteiger partial charge in [0, 0.05) is 5.56 Å². The van der Waals surface area contributed by atoms with Crippen molar-refractivity contribution in [2.75, 3.05) is 6.61 Å². The molecule has 208 valence electrons. The Morgan fingerprint density at radius 2 is 1.49 bits per heavy atom. The third-order valence-corrected chi connectivity index (χ3v) is 7.30. The van der Waals surface area contributed by atoms with Gasteiger partial charge in [0.2, 0.25) is 11.6 Å². The summed E-state index contributed by atoms with van der Waals surface area (Å²) in [6, 6.07) is 12.2. The normalized spacial score (nSPS) is 18.0. The average molecular weight is 545 g/mol. The first-order valence-electron chi connectivity index (χ1n) is 13.3. The zero-order valence-corrected chi connectivity index (χ0v) is 22.0. The maximum atomic E-state index is 15.2. The number of hydrogen-bond donors (Lipinski definition) is 1. The number of carbonyl (C=O) groups is 1. The van der Waals surface area contributed by atoms with Crippen LogP contribution < -0.4 is 9.47 Å². The molecule has 0 aromatic heterocycles. The quantitative estimate of drug-likeness (QED) is 0.168. The minimum Gasteiger partial charge on any atom is -0.491 e. The van der Waals surface area contributed by atoms with Crippen molar-refractivity contribution in [3.05, 3.63) is 82.9 Å². The van der Waals surface area contributed by atoms with Crippen molar-refractivity contribution >= 4 is 5.97 Å². The molecule has 0 aliphatic heterocycles. The van der Waals surface area contributed by atoms with E-state index in [1.165, 1.54) is 6.07 Å². The number of hydrogen-bond acceptors (Lipinski definition) is 4. The van der Waals surface area contributed by atoms with Crippen LogP contribution in [0.2, 0.25) is 0 Å². The smallest absolute Gasteiger partial charge is 0.314 e. The molecule has 1 saturated carbocycles. The van der Waals surface area contributed by atoms with Crippen LogP contribution in [0.25, 0.3) is 11.1 Å². The molecule has 0 radical (unpaired) electrons. The van der Waals surface area contributed by atoms with Crippen molar-refractivity contribution in [1.82, 2.24) is 0 Å². The Morgan fingerprint density at radius 3 is 2.13 bits per heavy atom. The van der Waals surface area contributed by atoms with Crippen molar-refractivity contribution in [2.45, 2.75) is 64.4 Å². The monoisotopic (exact) mass is 544 g/mol. The van der Waals surface area contributed by atoms with E-state index in [1.807, 2.05) is 6.92 Å². The molecule has 1 fully saturated rings. The molecule has 4 rings (SSSR count). The molecule has 0 heterocycles. The Balaban J connectivity index is 1.40. The van der Waals surface area contributed by atoms with Gasteiger partial charge < -0.3 is 14.6 Å². The predicted molar refractivity (Wildman–Crippen MR) is 140 cm³/mol. The van der Waals surface area contributed by atoms with E-state index in [0.29, 0.717) is 37.7 Å². The van der Waals surface area contributed by atoms with E-state index >= 15 is 8.78 Å². The lowest BCUT2D eigenvalue weighted by atomic mass is 9.78. The molecule has 8 heteroatoms. The molecule has 3 aromatic carbocycles. The summed E-state index contributed by atoms with van der Waals surface area (Å²) < 4.78 is 68.8. The summed E-state index contributed by atoms with van der Waals surface area (Å²) in [5, 5.41) is 10.1. The maximum Gasteiger partial charge on any atom is 0.314 e. The molecular weight excluding hydrogens is 512 g/mol. The molecule has 1 aliphatic carbocycles. The number of ether oxygens (including phenoxy) is 2. The Morgan fingerprint density at radius 1 is 0.846 bits per heavy atom. The molecule has 0 saturated heterocycles. The predicted octanol–water partition coefficient (Wildman–Crippen LogP) is 8.02. The third kappa shape index (κ3) is 6.27. The minimum atomic E-state index is -1.30. The van der Waals surface area contributed by atoms with Crippen LogP contribution in [0.5, 0.6) is 11.5 Å². The topological polar surface area (TPSA) is 55.8 Å². The summed E-state index contributed by atoms with van der Waals surface area (Å²) in [4.78, 5) is 12.6. The summed E-state index contributed by atoms with van der Waals surface area (Å²) >= 11 is 0. The van der Waals surface area contributed by atoms with Crippen molar-refractivity contribution in [1.29, 1.82) is 0 Å². The van der Waals surface area contributed by atoms with Gasteiger partial charge in [0.1, 0.15) is 0 Å². The van der Waals surface area contributed by atoms with Crippen LogP contribution in [0.1, 0.15) is 75.5 Å². The van der Waals surface area contributed by atoms with Crippen molar-refractivity contribution in [3.63, 3.8) is 0 Å². The van der Waals surface area contributed by atoms with Gasteiger partial charge in [0.25, 0.3) is 0 Å². The molecule has 1 atom stereocenters. The molecule has 1 N–H and O–H groups in total. The summed E-state index contributed by atoms with van der Waals surface area (Å²) in [6.45, 7) is 3.77. The molecule has 0 amide bonds. The Labute approximate surface area is 225 Å². The lowest BCUT2D eigenvalue weighted by Crippen LogP contribution is -2.26. The second-order valence-electron chi connectivity index (χ2n) is 9.85. The van der Waals surface area contributed by atoms with Crippen LogP contribution in [-0.2, 0) is 4.79 Å². The van der Waals surface area contributed by atoms with Gasteiger partial charge >= 0.3 is 5.97 Å². The number of rotatable bonds is 9. The van der Waals surface area contributed by atoms with E-state index in [1.54, 1.807) is 43.3 Å². The van der Waals surface area contributed by atoms with Crippen LogP contribution in [0.4, 0.5) is 17.6 Å². The standard InChI is InChI=1S/C31H32F4O4/c1-3-5-24(36)20-10-6-18(7-11-20)22-14-15-23(28(33)27(22)32)19-8-12-21(13-9-19)31(37)39-26-17-16-25(38-4-2)29(34)30(26)35/h6-7,10-11,14-17,19,21,24,36H,3-5,8-9,12-13H2,1-2H3. The van der Waals surface area contributed by atoms with Crippen molar-refractivity contribution < 1.29 is 36.9 Å². The van der Waals surface area contributed by atoms with Gasteiger partial charge in [-0.25, -0.2) is 8.78 Å². The number of aliphatic hydroxyl groups is 1. The number of carbonyl (C=O) groups excluding carboxylic acids is 1. The molecule has 39 heavy (non-hydrogen) atoms. The first-order chi connectivity index (χ1) is 18.7. The summed E-state index contributed by atoms with van der Waals surface area (Å²) in [5.74, 6) is -6.70. The highest BCUT2D eigenvalue weighted by atomic mass is 19.2. The zero-order valence-electron chi connectivity index (χ0n) is 22.0. The van der Waals surface area contributed by atoms with Crippen LogP contribution >= 0.6 is 0 Å². The van der Waals surface area contributed by atoms with E-state index in [-0.39, 0.29) is 29.4 Å². The van der Waals surface area contributed by atoms with Gasteiger partial charge in [0.05, 0.1) is 18.6 Å². The Hall–Kier alpha value is -3.39. The van der Waals surface area contributed by atoms with Crippen LogP contribution in [0.3, 0.4) is 0 Å². The first kappa shape index (κ1) is 28.6. The van der Waals surface area contributed by atoms with Crippen molar-refractivity contribution in [2.24, 2.45) is 5.92 Å². The third-order valence-electron chi connectivity index (χ3n) is 7.30. The molecule has 1 aliphatic rings. The summed E-state index contributed by atoms with van der Waals surface area (Å²) in [5.41, 5.74) is 1.62. The van der Waals surface area contributed by atoms with Gasteiger partial charge in [-0.05, 0) is 73.8 Å². The van der Waals surface area contributed by atoms with Gasteiger partial charge in [-0.1, -0.05) is 49.7 Å². The van der Waals surface area contributed by atoms with Gasteiger partial charge in [-0.2, -0.15) is 8.78 Å². The summed E-state index contributed by atoms with van der Waals surface area (Å²) in [6.07, 6.45) is 2.37. The molecule has 4 nitrogen and oxygen atoms in total. The SMILES string of the molecule is CCCC(O)c1ccc(-c2ccc(C3CCC(C(=O)Oc4ccc(OCC)c(F)c4F)CC3)c(F)c2F)cc1. The summed E-state index contributed by atoms with van der Waals surface area (Å²) in [7, 11) is 0. The lowest BCUT2D eigenvalue weighted by Gasteiger charge is -2.28. The Kier molecular flexibility index (Phi) is 9.28. The van der Waals surface area contributed by atoms with Gasteiger partial charge in [-0.3, -0.25) is 4.79 Å². The van der Waals surface area contributed by atoms with E-state index in [2.05, 4.69) is 0 Å². The van der Waals surface area contributed by atoms with E-state index < -0.39 is 47.0 Å².